The van der Waals surface area contributed by atoms with E-state index < -0.39 is 0 Å². The zero-order valence-electron chi connectivity index (χ0n) is 12.5. The van der Waals surface area contributed by atoms with Crippen LogP contribution in [0.5, 0.6) is 0 Å². The number of carbonyl (C=O) groups excluding carboxylic acids is 1. The largest absolute Gasteiger partial charge is 0.466 e. The van der Waals surface area contributed by atoms with Gasteiger partial charge in [0, 0.05) is 12.0 Å². The van der Waals surface area contributed by atoms with E-state index in [1.807, 2.05) is 20.8 Å². The minimum atomic E-state index is -0.155. The molecule has 2 N–H and O–H groups in total. The number of hydrogen-bond donors (Lipinski definition) is 1. The van der Waals surface area contributed by atoms with Crippen molar-refractivity contribution < 1.29 is 9.53 Å². The molecule has 6 heteroatoms. The van der Waals surface area contributed by atoms with E-state index in [-0.39, 0.29) is 5.97 Å². The lowest BCUT2D eigenvalue weighted by Crippen LogP contribution is -2.06. The Bertz CT molecular complexity index is 629. The number of esters is 1. The fraction of sp³-hybridized carbons (Fsp3) is 0.400. The van der Waals surface area contributed by atoms with E-state index in [1.54, 1.807) is 0 Å². The van der Waals surface area contributed by atoms with Gasteiger partial charge in [-0.3, -0.25) is 4.79 Å². The van der Waals surface area contributed by atoms with E-state index in [0.29, 0.717) is 24.6 Å². The number of nitrogen functional groups attached to an aromatic ring is 1. The predicted molar refractivity (Wildman–Crippen MR) is 84.2 cm³/mol. The number of aromatic nitrogens is 2. The highest BCUT2D eigenvalue weighted by atomic mass is 32.1. The quantitative estimate of drug-likeness (QED) is 0.859. The van der Waals surface area contributed by atoms with Gasteiger partial charge < -0.3 is 10.5 Å². The lowest BCUT2D eigenvalue weighted by molar-refractivity contribution is -0.143. The summed E-state index contributed by atoms with van der Waals surface area (Å²) in [5.41, 5.74) is 10.1. The Kier molecular flexibility index (Phi) is 4.90. The Balaban J connectivity index is 2.19. The molecule has 0 atom stereocenters. The summed E-state index contributed by atoms with van der Waals surface area (Å²) in [4.78, 5) is 11.5. The minimum Gasteiger partial charge on any atom is -0.466 e. The molecule has 0 aliphatic heterocycles. The Hall–Kier alpha value is -1.95. The highest BCUT2D eigenvalue weighted by Crippen LogP contribution is 2.29. The molecule has 1 aromatic carbocycles. The van der Waals surface area contributed by atoms with E-state index in [0.717, 1.165) is 21.7 Å². The Labute approximate surface area is 128 Å². The second-order valence-corrected chi connectivity index (χ2v) is 5.85. The summed E-state index contributed by atoms with van der Waals surface area (Å²) in [7, 11) is 0. The third-order valence-electron chi connectivity index (χ3n) is 3.27. The molecule has 0 aliphatic carbocycles. The van der Waals surface area contributed by atoms with Crippen molar-refractivity contribution in [3.05, 3.63) is 28.8 Å². The number of rotatable bonds is 5. The maximum absolute atomic E-state index is 11.5. The Morgan fingerprint density at radius 3 is 2.48 bits per heavy atom. The van der Waals surface area contributed by atoms with E-state index in [1.165, 1.54) is 16.9 Å². The number of carbonyl (C=O) groups is 1. The molecule has 0 fully saturated rings. The number of aryl methyl sites for hydroxylation is 2. The van der Waals surface area contributed by atoms with E-state index >= 15 is 0 Å². The number of benzene rings is 1. The van der Waals surface area contributed by atoms with Gasteiger partial charge in [0.05, 0.1) is 6.61 Å². The van der Waals surface area contributed by atoms with Crippen molar-refractivity contribution in [1.82, 2.24) is 10.2 Å². The minimum absolute atomic E-state index is 0.155. The molecule has 0 amide bonds. The maximum atomic E-state index is 11.5. The molecule has 0 bridgehead atoms. The SMILES string of the molecule is CCOC(=O)CCc1c(C)cc(-c2nnc(N)s2)cc1C. The summed E-state index contributed by atoms with van der Waals surface area (Å²) in [6.45, 7) is 6.33. The molecule has 0 spiro atoms. The monoisotopic (exact) mass is 305 g/mol. The van der Waals surface area contributed by atoms with Gasteiger partial charge in [0.2, 0.25) is 5.13 Å². The van der Waals surface area contributed by atoms with Crippen LogP contribution in [0, 0.1) is 13.8 Å². The number of ether oxygens (including phenoxy) is 1. The van der Waals surface area contributed by atoms with Gasteiger partial charge in [-0.2, -0.15) is 0 Å². The first-order valence-electron chi connectivity index (χ1n) is 6.86. The van der Waals surface area contributed by atoms with Crippen LogP contribution in [0.1, 0.15) is 30.0 Å². The highest BCUT2D eigenvalue weighted by molar-refractivity contribution is 7.18. The van der Waals surface area contributed by atoms with Crippen LogP contribution < -0.4 is 5.73 Å². The van der Waals surface area contributed by atoms with Crippen LogP contribution in [0.3, 0.4) is 0 Å². The standard InChI is InChI=1S/C15H19N3O2S/c1-4-20-13(19)6-5-12-9(2)7-11(8-10(12)3)14-17-18-15(16)21-14/h7-8H,4-6H2,1-3H3,(H2,16,18). The van der Waals surface area contributed by atoms with Gasteiger partial charge >= 0.3 is 5.97 Å². The molecule has 0 saturated carbocycles. The van der Waals surface area contributed by atoms with Gasteiger partial charge in [-0.1, -0.05) is 11.3 Å². The molecular weight excluding hydrogens is 286 g/mol. The summed E-state index contributed by atoms with van der Waals surface area (Å²) < 4.78 is 4.97. The zero-order chi connectivity index (χ0) is 15.4. The third kappa shape index (κ3) is 3.78. The van der Waals surface area contributed by atoms with Gasteiger partial charge in [-0.15, -0.1) is 10.2 Å². The van der Waals surface area contributed by atoms with Crippen molar-refractivity contribution in [2.45, 2.75) is 33.6 Å². The summed E-state index contributed by atoms with van der Waals surface area (Å²) in [5, 5.41) is 9.19. The van der Waals surface area contributed by atoms with Crippen LogP contribution in [-0.2, 0) is 16.0 Å². The fourth-order valence-corrected chi connectivity index (χ4v) is 2.92. The van der Waals surface area contributed by atoms with E-state index in [2.05, 4.69) is 22.3 Å². The van der Waals surface area contributed by atoms with Gasteiger partial charge in [-0.05, 0) is 56.0 Å². The zero-order valence-corrected chi connectivity index (χ0v) is 13.3. The topological polar surface area (TPSA) is 78.1 Å². The van der Waals surface area contributed by atoms with Crippen LogP contribution in [0.15, 0.2) is 12.1 Å². The van der Waals surface area contributed by atoms with E-state index in [9.17, 15) is 4.79 Å². The molecule has 1 aromatic heterocycles. The highest BCUT2D eigenvalue weighted by Gasteiger charge is 2.11. The first kappa shape index (κ1) is 15.4. The molecule has 112 valence electrons. The Morgan fingerprint density at radius 1 is 1.29 bits per heavy atom. The molecule has 0 saturated heterocycles. The fourth-order valence-electron chi connectivity index (χ4n) is 2.32. The van der Waals surface area contributed by atoms with Gasteiger partial charge in [0.1, 0.15) is 5.01 Å². The summed E-state index contributed by atoms with van der Waals surface area (Å²) in [6.07, 6.45) is 1.09. The molecule has 2 aromatic rings. The normalized spacial score (nSPS) is 10.6. The molecule has 0 aliphatic rings. The first-order valence-corrected chi connectivity index (χ1v) is 7.68. The maximum Gasteiger partial charge on any atom is 0.306 e. The Morgan fingerprint density at radius 2 is 1.95 bits per heavy atom. The number of nitrogens with two attached hydrogens (primary N) is 1. The van der Waals surface area contributed by atoms with Gasteiger partial charge in [-0.25, -0.2) is 0 Å². The van der Waals surface area contributed by atoms with Crippen molar-refractivity contribution >= 4 is 22.4 Å². The smallest absolute Gasteiger partial charge is 0.306 e. The van der Waals surface area contributed by atoms with Crippen molar-refractivity contribution in [2.75, 3.05) is 12.3 Å². The summed E-state index contributed by atoms with van der Waals surface area (Å²) in [5.74, 6) is -0.155. The van der Waals surface area contributed by atoms with Gasteiger partial charge in [0.15, 0.2) is 0 Å². The molecule has 1 heterocycles. The van der Waals surface area contributed by atoms with Crippen molar-refractivity contribution in [1.29, 1.82) is 0 Å². The predicted octanol–water partition coefficient (Wildman–Crippen LogP) is 2.90. The average molecular weight is 305 g/mol. The average Bonchev–Trinajstić information content (AvgIpc) is 2.84. The second-order valence-electron chi connectivity index (χ2n) is 4.84. The van der Waals surface area contributed by atoms with Crippen molar-refractivity contribution in [3.63, 3.8) is 0 Å². The summed E-state index contributed by atoms with van der Waals surface area (Å²) >= 11 is 1.37. The molecule has 0 unspecified atom stereocenters. The molecular formula is C15H19N3O2S. The van der Waals surface area contributed by atoms with Crippen molar-refractivity contribution in [2.24, 2.45) is 0 Å². The van der Waals surface area contributed by atoms with Crippen LogP contribution in [0.25, 0.3) is 10.6 Å². The molecule has 5 nitrogen and oxygen atoms in total. The van der Waals surface area contributed by atoms with E-state index in [4.69, 9.17) is 10.5 Å². The number of hydrogen-bond acceptors (Lipinski definition) is 6. The second kappa shape index (κ2) is 6.67. The van der Waals surface area contributed by atoms with Crippen LogP contribution >= 0.6 is 11.3 Å². The van der Waals surface area contributed by atoms with Crippen LogP contribution in [0.4, 0.5) is 5.13 Å². The molecule has 21 heavy (non-hydrogen) atoms. The lowest BCUT2D eigenvalue weighted by atomic mass is 9.96. The lowest BCUT2D eigenvalue weighted by Gasteiger charge is -2.11. The van der Waals surface area contributed by atoms with Gasteiger partial charge in [0.25, 0.3) is 0 Å². The first-order chi connectivity index (χ1) is 10.0. The third-order valence-corrected chi connectivity index (χ3v) is 4.07. The molecule has 2 rings (SSSR count). The van der Waals surface area contributed by atoms with Crippen LogP contribution in [0.2, 0.25) is 0 Å². The number of nitrogens with zero attached hydrogens (tertiary/aromatic N) is 2. The van der Waals surface area contributed by atoms with Crippen LogP contribution in [-0.4, -0.2) is 22.8 Å². The number of anilines is 1. The summed E-state index contributed by atoms with van der Waals surface area (Å²) in [6, 6.07) is 4.13. The van der Waals surface area contributed by atoms with Crippen molar-refractivity contribution in [3.8, 4) is 10.6 Å². The molecule has 0 radical (unpaired) electrons.